The van der Waals surface area contributed by atoms with Crippen LogP contribution in [0.3, 0.4) is 0 Å². The number of nitrogens with zero attached hydrogens (tertiary/aromatic N) is 1. The molecule has 0 radical (unpaired) electrons. The summed E-state index contributed by atoms with van der Waals surface area (Å²) < 4.78 is 4.97. The number of nitrogens with one attached hydrogen (secondary N) is 1. The van der Waals surface area contributed by atoms with E-state index in [4.69, 9.17) is 4.74 Å². The minimum absolute atomic E-state index is 0.187. The Morgan fingerprint density at radius 3 is 2.59 bits per heavy atom. The van der Waals surface area contributed by atoms with Crippen molar-refractivity contribution in [1.29, 1.82) is 0 Å². The maximum Gasteiger partial charge on any atom is 0.328 e. The molecule has 0 saturated carbocycles. The number of aryl methyl sites for hydroxylation is 2. The van der Waals surface area contributed by atoms with Crippen molar-refractivity contribution in [2.75, 3.05) is 7.11 Å². The van der Waals surface area contributed by atoms with Crippen molar-refractivity contribution in [3.8, 4) is 0 Å². The smallest absolute Gasteiger partial charge is 0.328 e. The Labute approximate surface area is 157 Å². The number of hydrogen-bond donors (Lipinski definition) is 1. The number of hydrogen-bond acceptors (Lipinski definition) is 3. The molecule has 5 heteroatoms. The maximum atomic E-state index is 13.3. The van der Waals surface area contributed by atoms with Crippen LogP contribution in [0.5, 0.6) is 0 Å². The second-order valence-corrected chi connectivity index (χ2v) is 7.10. The Kier molecular flexibility index (Phi) is 4.22. The summed E-state index contributed by atoms with van der Waals surface area (Å²) in [7, 11) is 1.36. The van der Waals surface area contributed by atoms with Crippen LogP contribution >= 0.6 is 0 Å². The van der Waals surface area contributed by atoms with Crippen LogP contribution < -0.4 is 0 Å². The first-order valence-corrected chi connectivity index (χ1v) is 9.04. The third kappa shape index (κ3) is 2.89. The number of esters is 1. The molecule has 0 bridgehead atoms. The number of carbonyl (C=O) groups excluding carboxylic acids is 2. The van der Waals surface area contributed by atoms with Crippen molar-refractivity contribution < 1.29 is 14.3 Å². The normalized spacial score (nSPS) is 16.3. The van der Waals surface area contributed by atoms with E-state index < -0.39 is 6.04 Å². The van der Waals surface area contributed by atoms with Crippen molar-refractivity contribution in [2.24, 2.45) is 0 Å². The molecule has 1 aliphatic rings. The lowest BCUT2D eigenvalue weighted by Gasteiger charge is -2.34. The van der Waals surface area contributed by atoms with Crippen LogP contribution in [0, 0.1) is 13.8 Å². The Bertz CT molecular complexity index is 1050. The van der Waals surface area contributed by atoms with E-state index in [1.54, 1.807) is 4.90 Å². The van der Waals surface area contributed by atoms with Gasteiger partial charge in [-0.15, -0.1) is 0 Å². The van der Waals surface area contributed by atoms with Crippen molar-refractivity contribution in [2.45, 2.75) is 32.9 Å². The fourth-order valence-electron chi connectivity index (χ4n) is 3.81. The zero-order valence-electron chi connectivity index (χ0n) is 15.7. The van der Waals surface area contributed by atoms with Gasteiger partial charge in [-0.1, -0.05) is 30.3 Å². The molecule has 0 saturated heterocycles. The van der Waals surface area contributed by atoms with Crippen molar-refractivity contribution in [1.82, 2.24) is 9.88 Å². The predicted molar refractivity (Wildman–Crippen MR) is 104 cm³/mol. The molecule has 0 aliphatic carbocycles. The van der Waals surface area contributed by atoms with Crippen molar-refractivity contribution >= 4 is 22.8 Å². The summed E-state index contributed by atoms with van der Waals surface area (Å²) in [5, 5.41) is 1.03. The third-order valence-corrected chi connectivity index (χ3v) is 5.56. The number of carbonyl (C=O) groups is 2. The summed E-state index contributed by atoms with van der Waals surface area (Å²) >= 11 is 0. The summed E-state index contributed by atoms with van der Waals surface area (Å²) in [4.78, 5) is 30.5. The van der Waals surface area contributed by atoms with Gasteiger partial charge in [0.25, 0.3) is 5.91 Å². The zero-order valence-corrected chi connectivity index (χ0v) is 15.7. The molecule has 1 aliphatic heterocycles. The van der Waals surface area contributed by atoms with E-state index in [2.05, 4.69) is 11.9 Å². The average Bonchev–Trinajstić information content (AvgIpc) is 3.13. The van der Waals surface area contributed by atoms with Gasteiger partial charge in [-0.2, -0.15) is 0 Å². The summed E-state index contributed by atoms with van der Waals surface area (Å²) in [6.07, 6.45) is 0.465. The summed E-state index contributed by atoms with van der Waals surface area (Å²) in [6, 6.07) is 13.2. The van der Waals surface area contributed by atoms with Crippen molar-refractivity contribution in [3.05, 3.63) is 70.4 Å². The molecule has 2 heterocycles. The highest BCUT2D eigenvalue weighted by atomic mass is 16.5. The van der Waals surface area contributed by atoms with E-state index in [1.165, 1.54) is 12.7 Å². The molecule has 0 fully saturated rings. The van der Waals surface area contributed by atoms with E-state index in [0.717, 1.165) is 27.6 Å². The summed E-state index contributed by atoms with van der Waals surface area (Å²) in [5.74, 6) is -0.575. The Morgan fingerprint density at radius 2 is 1.85 bits per heavy atom. The minimum atomic E-state index is -0.619. The number of aromatic amines is 1. The number of amides is 1. The van der Waals surface area contributed by atoms with Crippen LogP contribution in [0.2, 0.25) is 0 Å². The number of fused-ring (bicyclic) bond motifs is 2. The molecule has 1 N–H and O–H groups in total. The van der Waals surface area contributed by atoms with Crippen LogP contribution in [0.4, 0.5) is 0 Å². The monoisotopic (exact) mass is 362 g/mol. The summed E-state index contributed by atoms with van der Waals surface area (Å²) in [5.41, 5.74) is 5.89. The Balaban J connectivity index is 1.75. The predicted octanol–water partition coefficient (Wildman–Crippen LogP) is 3.52. The van der Waals surface area contributed by atoms with Crippen LogP contribution in [-0.2, 0) is 22.5 Å². The topological polar surface area (TPSA) is 62.4 Å². The standard InChI is InChI=1S/C22H22N2O3/c1-13-8-9-18-17(14(13)2)11-19(23-18)21(25)24-12-16-7-5-4-6-15(16)10-20(24)22(26)27-3/h4-9,11,20,23H,10,12H2,1-3H3. The first-order chi connectivity index (χ1) is 13.0. The molecular weight excluding hydrogens is 340 g/mol. The molecule has 4 rings (SSSR count). The van der Waals surface area contributed by atoms with Gasteiger partial charge in [0.1, 0.15) is 11.7 Å². The summed E-state index contributed by atoms with van der Waals surface area (Å²) in [6.45, 7) is 4.49. The van der Waals surface area contributed by atoms with E-state index in [9.17, 15) is 9.59 Å². The minimum Gasteiger partial charge on any atom is -0.467 e. The third-order valence-electron chi connectivity index (χ3n) is 5.56. The molecule has 27 heavy (non-hydrogen) atoms. The fraction of sp³-hybridized carbons (Fsp3) is 0.273. The highest BCUT2D eigenvalue weighted by Gasteiger charge is 2.36. The highest BCUT2D eigenvalue weighted by Crippen LogP contribution is 2.28. The SMILES string of the molecule is COC(=O)C1Cc2ccccc2CN1C(=O)c1cc2c(C)c(C)ccc2[nH]1. The second-order valence-electron chi connectivity index (χ2n) is 7.10. The van der Waals surface area contributed by atoms with Gasteiger partial charge in [0.05, 0.1) is 7.11 Å². The van der Waals surface area contributed by atoms with Crippen LogP contribution in [0.25, 0.3) is 10.9 Å². The number of benzene rings is 2. The largest absolute Gasteiger partial charge is 0.467 e. The van der Waals surface area contributed by atoms with Crippen molar-refractivity contribution in [3.63, 3.8) is 0 Å². The number of H-pyrrole nitrogens is 1. The molecule has 0 spiro atoms. The molecule has 1 amide bonds. The average molecular weight is 362 g/mol. The second kappa shape index (κ2) is 6.58. The van der Waals surface area contributed by atoms with Gasteiger partial charge in [-0.3, -0.25) is 4.79 Å². The van der Waals surface area contributed by atoms with E-state index >= 15 is 0 Å². The molecule has 1 aromatic heterocycles. The number of methoxy groups -OCH3 is 1. The van der Waals surface area contributed by atoms with E-state index in [0.29, 0.717) is 18.7 Å². The Hall–Kier alpha value is -3.08. The van der Waals surface area contributed by atoms with Crippen LogP contribution in [0.1, 0.15) is 32.7 Å². The van der Waals surface area contributed by atoms with E-state index in [1.807, 2.05) is 49.4 Å². The van der Waals surface area contributed by atoms with Gasteiger partial charge in [0.2, 0.25) is 0 Å². The molecule has 5 nitrogen and oxygen atoms in total. The first kappa shape index (κ1) is 17.3. The Morgan fingerprint density at radius 1 is 1.11 bits per heavy atom. The van der Waals surface area contributed by atoms with Gasteiger partial charge < -0.3 is 14.6 Å². The zero-order chi connectivity index (χ0) is 19.1. The fourth-order valence-corrected chi connectivity index (χ4v) is 3.81. The first-order valence-electron chi connectivity index (χ1n) is 9.04. The molecular formula is C22H22N2O3. The van der Waals surface area contributed by atoms with Crippen LogP contribution in [0.15, 0.2) is 42.5 Å². The number of aromatic nitrogens is 1. The van der Waals surface area contributed by atoms with Crippen LogP contribution in [-0.4, -0.2) is 34.9 Å². The van der Waals surface area contributed by atoms with Gasteiger partial charge in [-0.05, 0) is 48.2 Å². The number of ether oxygens (including phenoxy) is 1. The number of rotatable bonds is 2. The lowest BCUT2D eigenvalue weighted by atomic mass is 9.93. The van der Waals surface area contributed by atoms with E-state index in [-0.39, 0.29) is 11.9 Å². The molecule has 2 aromatic carbocycles. The highest BCUT2D eigenvalue weighted by molar-refractivity contribution is 6.00. The van der Waals surface area contributed by atoms with Gasteiger partial charge in [0, 0.05) is 23.9 Å². The lowest BCUT2D eigenvalue weighted by molar-refractivity contribution is -0.146. The lowest BCUT2D eigenvalue weighted by Crippen LogP contribution is -2.49. The maximum absolute atomic E-state index is 13.3. The van der Waals surface area contributed by atoms with Gasteiger partial charge >= 0.3 is 5.97 Å². The van der Waals surface area contributed by atoms with Gasteiger partial charge in [0.15, 0.2) is 0 Å². The molecule has 1 unspecified atom stereocenters. The molecule has 1 atom stereocenters. The molecule has 3 aromatic rings. The van der Waals surface area contributed by atoms with Gasteiger partial charge in [-0.25, -0.2) is 4.79 Å². The quantitative estimate of drug-likeness (QED) is 0.710. The molecule has 138 valence electrons.